The molecule has 2 heterocycles. The number of nitrogens with two attached hydrogens (primary N) is 1. The van der Waals surface area contributed by atoms with Crippen LogP contribution in [-0.2, 0) is 11.2 Å². The number of hydrogen-bond acceptors (Lipinski definition) is 3. The van der Waals surface area contributed by atoms with Crippen LogP contribution >= 0.6 is 0 Å². The van der Waals surface area contributed by atoms with Gasteiger partial charge in [-0.2, -0.15) is 0 Å². The molecule has 2 fully saturated rings. The third-order valence-corrected chi connectivity index (χ3v) is 4.46. The average Bonchev–Trinajstić information content (AvgIpc) is 3.00. The van der Waals surface area contributed by atoms with Crippen molar-refractivity contribution in [2.75, 3.05) is 0 Å². The lowest BCUT2D eigenvalue weighted by atomic mass is 9.82. The van der Waals surface area contributed by atoms with Gasteiger partial charge in [0, 0.05) is 12.0 Å². The fraction of sp³-hybridized carbons (Fsp3) is 0.600. The number of rotatable bonds is 4. The van der Waals surface area contributed by atoms with Gasteiger partial charge in [-0.3, -0.25) is 11.3 Å². The molecule has 0 radical (unpaired) electrons. The van der Waals surface area contributed by atoms with Gasteiger partial charge in [-0.05, 0) is 38.2 Å². The molecule has 2 aliphatic heterocycles. The van der Waals surface area contributed by atoms with E-state index in [1.807, 2.05) is 0 Å². The molecule has 1 aromatic rings. The second-order valence-electron chi connectivity index (χ2n) is 5.74. The molecule has 0 spiro atoms. The van der Waals surface area contributed by atoms with Crippen LogP contribution in [0.15, 0.2) is 24.3 Å². The molecule has 0 amide bonds. The van der Waals surface area contributed by atoms with Crippen molar-refractivity contribution in [2.24, 2.45) is 11.8 Å². The number of hydrogen-bond donors (Lipinski definition) is 2. The van der Waals surface area contributed by atoms with Gasteiger partial charge in [0.15, 0.2) is 0 Å². The fourth-order valence-electron chi connectivity index (χ4n) is 3.41. The summed E-state index contributed by atoms with van der Waals surface area (Å²) in [6.45, 7) is 2.12. The van der Waals surface area contributed by atoms with Crippen LogP contribution in [0.2, 0.25) is 0 Å². The molecule has 0 aromatic heterocycles. The van der Waals surface area contributed by atoms with Crippen LogP contribution in [0.1, 0.15) is 30.4 Å². The third kappa shape index (κ3) is 2.30. The molecule has 18 heavy (non-hydrogen) atoms. The maximum absolute atomic E-state index is 5.93. The molecule has 3 nitrogen and oxygen atoms in total. The highest BCUT2D eigenvalue weighted by molar-refractivity contribution is 5.22. The lowest BCUT2D eigenvalue weighted by molar-refractivity contribution is 0.0857. The molecular weight excluding hydrogens is 224 g/mol. The Kier molecular flexibility index (Phi) is 3.37. The maximum atomic E-state index is 5.93. The second-order valence-corrected chi connectivity index (χ2v) is 5.74. The third-order valence-electron chi connectivity index (χ3n) is 4.46. The predicted molar refractivity (Wildman–Crippen MR) is 72.0 cm³/mol. The smallest absolute Gasteiger partial charge is 0.0624 e. The first-order valence-corrected chi connectivity index (χ1v) is 6.93. The SMILES string of the molecule is Cc1ccc(CC(NN)C2CC3CCC2O3)cc1. The van der Waals surface area contributed by atoms with Gasteiger partial charge in [0.2, 0.25) is 0 Å². The molecule has 3 heteroatoms. The second kappa shape index (κ2) is 5.00. The standard InChI is InChI=1S/C15H22N2O/c1-10-2-4-11(5-3-10)8-14(17-16)13-9-12-6-7-15(13)18-12/h2-5,12-15,17H,6-9,16H2,1H3. The minimum absolute atomic E-state index is 0.336. The average molecular weight is 246 g/mol. The summed E-state index contributed by atoms with van der Waals surface area (Å²) in [5, 5.41) is 0. The summed E-state index contributed by atoms with van der Waals surface area (Å²) in [6, 6.07) is 9.07. The Balaban J connectivity index is 1.67. The predicted octanol–water partition coefficient (Wildman–Crippen LogP) is 1.94. The van der Waals surface area contributed by atoms with Crippen molar-refractivity contribution in [2.45, 2.75) is 50.9 Å². The molecule has 2 aliphatic rings. The number of fused-ring (bicyclic) bond motifs is 2. The van der Waals surface area contributed by atoms with E-state index in [0.29, 0.717) is 24.2 Å². The van der Waals surface area contributed by atoms with E-state index in [1.54, 1.807) is 0 Å². The zero-order valence-electron chi connectivity index (χ0n) is 10.9. The van der Waals surface area contributed by atoms with Crippen LogP contribution < -0.4 is 11.3 Å². The molecule has 98 valence electrons. The summed E-state index contributed by atoms with van der Waals surface area (Å²) >= 11 is 0. The van der Waals surface area contributed by atoms with Gasteiger partial charge in [-0.25, -0.2) is 0 Å². The van der Waals surface area contributed by atoms with Gasteiger partial charge in [-0.15, -0.1) is 0 Å². The Hall–Kier alpha value is -0.900. The first kappa shape index (κ1) is 12.2. The van der Waals surface area contributed by atoms with Crippen molar-refractivity contribution in [1.82, 2.24) is 5.43 Å². The van der Waals surface area contributed by atoms with Crippen molar-refractivity contribution in [3.05, 3.63) is 35.4 Å². The topological polar surface area (TPSA) is 47.3 Å². The molecule has 0 aliphatic carbocycles. The molecule has 2 saturated heterocycles. The van der Waals surface area contributed by atoms with Crippen molar-refractivity contribution in [1.29, 1.82) is 0 Å². The van der Waals surface area contributed by atoms with Crippen LogP contribution in [0.4, 0.5) is 0 Å². The summed E-state index contributed by atoms with van der Waals surface area (Å²) in [5.74, 6) is 6.34. The van der Waals surface area contributed by atoms with E-state index in [0.717, 1.165) is 6.42 Å². The summed E-state index contributed by atoms with van der Waals surface area (Å²) in [5.41, 5.74) is 5.67. The van der Waals surface area contributed by atoms with Crippen LogP contribution in [-0.4, -0.2) is 18.2 Å². The molecule has 4 unspecified atom stereocenters. The van der Waals surface area contributed by atoms with E-state index in [2.05, 4.69) is 36.6 Å². The van der Waals surface area contributed by atoms with E-state index < -0.39 is 0 Å². The zero-order valence-corrected chi connectivity index (χ0v) is 10.9. The number of benzene rings is 1. The van der Waals surface area contributed by atoms with Crippen molar-refractivity contribution >= 4 is 0 Å². The quantitative estimate of drug-likeness (QED) is 0.630. The highest BCUT2D eigenvalue weighted by Gasteiger charge is 2.43. The largest absolute Gasteiger partial charge is 0.375 e. The Labute approximate surface area is 109 Å². The normalized spacial score (nSPS) is 31.8. The summed E-state index contributed by atoms with van der Waals surface area (Å²) in [6.07, 6.45) is 5.54. The number of nitrogens with one attached hydrogen (secondary N) is 1. The lowest BCUT2D eigenvalue weighted by Gasteiger charge is -2.28. The lowest BCUT2D eigenvalue weighted by Crippen LogP contribution is -2.45. The van der Waals surface area contributed by atoms with Gasteiger partial charge in [0.25, 0.3) is 0 Å². The zero-order chi connectivity index (χ0) is 12.5. The van der Waals surface area contributed by atoms with Crippen LogP contribution in [0.25, 0.3) is 0 Å². The number of ether oxygens (including phenoxy) is 1. The first-order valence-electron chi connectivity index (χ1n) is 6.93. The summed E-state index contributed by atoms with van der Waals surface area (Å²) in [7, 11) is 0. The number of aryl methyl sites for hydroxylation is 1. The summed E-state index contributed by atoms with van der Waals surface area (Å²) < 4.78 is 5.93. The minimum atomic E-state index is 0.336. The molecule has 1 aromatic carbocycles. The molecule has 2 bridgehead atoms. The molecular formula is C15H22N2O. The van der Waals surface area contributed by atoms with E-state index in [9.17, 15) is 0 Å². The van der Waals surface area contributed by atoms with E-state index >= 15 is 0 Å². The van der Waals surface area contributed by atoms with Crippen LogP contribution in [0.5, 0.6) is 0 Å². The highest BCUT2D eigenvalue weighted by atomic mass is 16.5. The van der Waals surface area contributed by atoms with E-state index in [-0.39, 0.29) is 0 Å². The summed E-state index contributed by atoms with van der Waals surface area (Å²) in [4.78, 5) is 0. The Bertz CT molecular complexity index is 403. The van der Waals surface area contributed by atoms with Crippen LogP contribution in [0.3, 0.4) is 0 Å². The van der Waals surface area contributed by atoms with Crippen LogP contribution in [0, 0.1) is 12.8 Å². The molecule has 0 saturated carbocycles. The highest BCUT2D eigenvalue weighted by Crippen LogP contribution is 2.40. The molecule has 3 N–H and O–H groups in total. The number of hydrazine groups is 1. The van der Waals surface area contributed by atoms with Gasteiger partial charge >= 0.3 is 0 Å². The fourth-order valence-corrected chi connectivity index (χ4v) is 3.41. The Morgan fingerprint density at radius 3 is 2.67 bits per heavy atom. The maximum Gasteiger partial charge on any atom is 0.0624 e. The van der Waals surface area contributed by atoms with Crippen molar-refractivity contribution in [3.63, 3.8) is 0 Å². The van der Waals surface area contributed by atoms with Crippen molar-refractivity contribution in [3.8, 4) is 0 Å². The Morgan fingerprint density at radius 1 is 1.33 bits per heavy atom. The van der Waals surface area contributed by atoms with Gasteiger partial charge < -0.3 is 4.74 Å². The Morgan fingerprint density at radius 2 is 2.11 bits per heavy atom. The van der Waals surface area contributed by atoms with E-state index in [4.69, 9.17) is 10.6 Å². The first-order chi connectivity index (χ1) is 8.76. The molecule has 3 rings (SSSR count). The molecule has 4 atom stereocenters. The van der Waals surface area contributed by atoms with Crippen molar-refractivity contribution < 1.29 is 4.74 Å². The van der Waals surface area contributed by atoms with E-state index in [1.165, 1.54) is 30.4 Å². The monoisotopic (exact) mass is 246 g/mol. The minimum Gasteiger partial charge on any atom is -0.375 e. The van der Waals surface area contributed by atoms with Gasteiger partial charge in [0.05, 0.1) is 12.2 Å². The van der Waals surface area contributed by atoms with Gasteiger partial charge in [-0.1, -0.05) is 29.8 Å². The van der Waals surface area contributed by atoms with Gasteiger partial charge in [0.1, 0.15) is 0 Å².